The second kappa shape index (κ2) is 5.70. The fourth-order valence-electron chi connectivity index (χ4n) is 5.26. The molecule has 0 aromatic carbocycles. The third-order valence-corrected chi connectivity index (χ3v) is 6.60. The number of ether oxygens (including phenoxy) is 4. The molecule has 0 unspecified atom stereocenters. The van der Waals surface area contributed by atoms with Gasteiger partial charge in [0, 0.05) is 25.7 Å². The molecule has 6 aliphatic rings. The van der Waals surface area contributed by atoms with E-state index in [-0.39, 0.29) is 0 Å². The lowest BCUT2D eigenvalue weighted by atomic mass is 9.96. The minimum atomic E-state index is 0.702. The second-order valence-electron chi connectivity index (χ2n) is 8.12. The number of allylic oxidation sites excluding steroid dienone is 6. The van der Waals surface area contributed by atoms with Gasteiger partial charge in [-0.15, -0.1) is 0 Å². The Balaban J connectivity index is 1.19. The fourth-order valence-corrected chi connectivity index (χ4v) is 5.26. The first-order valence-electron chi connectivity index (χ1n) is 9.88. The van der Waals surface area contributed by atoms with Crippen LogP contribution in [-0.2, 0) is 18.9 Å². The Morgan fingerprint density at radius 1 is 0.308 bits per heavy atom. The van der Waals surface area contributed by atoms with Crippen molar-refractivity contribution in [3.05, 3.63) is 56.5 Å². The van der Waals surface area contributed by atoms with Gasteiger partial charge in [-0.25, -0.2) is 0 Å². The van der Waals surface area contributed by atoms with Gasteiger partial charge in [0.05, 0.1) is 0 Å². The SMILES string of the molecule is C1COC2=C(CC3=C(CC(=C4CC5=C(C4)CC4=C(C5)OCCO4)C3)C2)O1. The molecule has 0 spiro atoms. The normalized spacial score (nSPS) is 27.4. The van der Waals surface area contributed by atoms with Crippen LogP contribution < -0.4 is 0 Å². The Bertz CT molecular complexity index is 715. The summed E-state index contributed by atoms with van der Waals surface area (Å²) in [6, 6.07) is 0. The highest BCUT2D eigenvalue weighted by Gasteiger charge is 2.34. The van der Waals surface area contributed by atoms with E-state index < -0.39 is 0 Å². The van der Waals surface area contributed by atoms with Gasteiger partial charge >= 0.3 is 0 Å². The number of hydrogen-bond acceptors (Lipinski definition) is 4. The maximum atomic E-state index is 5.85. The molecule has 0 fully saturated rings. The first kappa shape index (κ1) is 15.0. The average Bonchev–Trinajstić information content (AvgIpc) is 3.27. The molecule has 0 atom stereocenters. The molecule has 4 aliphatic carbocycles. The molecule has 0 aromatic rings. The molecule has 0 aromatic heterocycles. The van der Waals surface area contributed by atoms with Crippen LogP contribution in [0.1, 0.15) is 51.4 Å². The molecule has 0 bridgehead atoms. The summed E-state index contributed by atoms with van der Waals surface area (Å²) in [6.45, 7) is 2.81. The van der Waals surface area contributed by atoms with Crippen LogP contribution >= 0.6 is 0 Å². The summed E-state index contributed by atoms with van der Waals surface area (Å²) in [5.41, 5.74) is 9.67. The van der Waals surface area contributed by atoms with Crippen molar-refractivity contribution in [2.24, 2.45) is 0 Å². The molecule has 4 nitrogen and oxygen atoms in total. The van der Waals surface area contributed by atoms with Crippen molar-refractivity contribution in [2.75, 3.05) is 26.4 Å². The van der Waals surface area contributed by atoms with E-state index >= 15 is 0 Å². The molecule has 2 heterocycles. The van der Waals surface area contributed by atoms with Gasteiger partial charge in [0.25, 0.3) is 0 Å². The average molecular weight is 352 g/mol. The smallest absolute Gasteiger partial charge is 0.138 e. The van der Waals surface area contributed by atoms with Gasteiger partial charge in [-0.1, -0.05) is 33.4 Å². The maximum Gasteiger partial charge on any atom is 0.138 e. The molecule has 2 aliphatic heterocycles. The summed E-state index contributed by atoms with van der Waals surface area (Å²) in [4.78, 5) is 0. The molecule has 0 saturated heterocycles. The van der Waals surface area contributed by atoms with Crippen molar-refractivity contribution in [3.8, 4) is 0 Å². The Morgan fingerprint density at radius 3 is 0.808 bits per heavy atom. The third-order valence-electron chi connectivity index (χ3n) is 6.60. The van der Waals surface area contributed by atoms with Crippen LogP contribution in [0, 0.1) is 0 Å². The predicted molar refractivity (Wildman–Crippen MR) is 95.9 cm³/mol. The zero-order valence-corrected chi connectivity index (χ0v) is 15.1. The Labute approximate surface area is 153 Å². The minimum Gasteiger partial charge on any atom is -0.491 e. The largest absolute Gasteiger partial charge is 0.491 e. The zero-order valence-electron chi connectivity index (χ0n) is 15.1. The van der Waals surface area contributed by atoms with Gasteiger partial charge < -0.3 is 18.9 Å². The van der Waals surface area contributed by atoms with Crippen LogP contribution in [-0.4, -0.2) is 26.4 Å². The van der Waals surface area contributed by atoms with Crippen molar-refractivity contribution in [1.82, 2.24) is 0 Å². The van der Waals surface area contributed by atoms with E-state index in [1.165, 1.54) is 0 Å². The Kier molecular flexibility index (Phi) is 3.29. The first-order valence-corrected chi connectivity index (χ1v) is 9.88. The lowest BCUT2D eigenvalue weighted by Gasteiger charge is -2.26. The molecule has 0 amide bonds. The van der Waals surface area contributed by atoms with E-state index in [4.69, 9.17) is 18.9 Å². The van der Waals surface area contributed by atoms with E-state index in [9.17, 15) is 0 Å². The van der Waals surface area contributed by atoms with Crippen LogP contribution in [0.25, 0.3) is 0 Å². The van der Waals surface area contributed by atoms with Gasteiger partial charge in [-0.2, -0.15) is 0 Å². The van der Waals surface area contributed by atoms with Crippen LogP contribution in [0.5, 0.6) is 0 Å². The van der Waals surface area contributed by atoms with Gasteiger partial charge in [-0.3, -0.25) is 0 Å². The van der Waals surface area contributed by atoms with Gasteiger partial charge in [0.1, 0.15) is 49.5 Å². The molecule has 26 heavy (non-hydrogen) atoms. The summed E-state index contributed by atoms with van der Waals surface area (Å²) in [7, 11) is 0. The van der Waals surface area contributed by atoms with E-state index in [1.807, 2.05) is 0 Å². The van der Waals surface area contributed by atoms with Crippen molar-refractivity contribution in [2.45, 2.75) is 51.4 Å². The molecule has 0 radical (unpaired) electrons. The monoisotopic (exact) mass is 352 g/mol. The summed E-state index contributed by atoms with van der Waals surface area (Å²) < 4.78 is 23.4. The maximum absolute atomic E-state index is 5.85. The van der Waals surface area contributed by atoms with Crippen molar-refractivity contribution in [3.63, 3.8) is 0 Å². The first-order chi connectivity index (χ1) is 12.8. The highest BCUT2D eigenvalue weighted by Crippen LogP contribution is 2.50. The van der Waals surface area contributed by atoms with Gasteiger partial charge in [-0.05, 0) is 25.7 Å². The summed E-state index contributed by atoms with van der Waals surface area (Å²) in [5, 5.41) is 0. The van der Waals surface area contributed by atoms with Crippen molar-refractivity contribution < 1.29 is 18.9 Å². The van der Waals surface area contributed by atoms with Gasteiger partial charge in [0.2, 0.25) is 0 Å². The quantitative estimate of drug-likeness (QED) is 0.599. The molecule has 0 N–H and O–H groups in total. The lowest BCUT2D eigenvalue weighted by molar-refractivity contribution is 0.0544. The van der Waals surface area contributed by atoms with Crippen molar-refractivity contribution >= 4 is 0 Å². The third kappa shape index (κ3) is 2.34. The zero-order chi connectivity index (χ0) is 17.1. The number of rotatable bonds is 0. The highest BCUT2D eigenvalue weighted by atomic mass is 16.6. The van der Waals surface area contributed by atoms with Gasteiger partial charge in [0.15, 0.2) is 0 Å². The van der Waals surface area contributed by atoms with E-state index in [0.717, 1.165) is 74.4 Å². The predicted octanol–water partition coefficient (Wildman–Crippen LogP) is 4.57. The topological polar surface area (TPSA) is 36.9 Å². The second-order valence-corrected chi connectivity index (χ2v) is 8.12. The summed E-state index contributed by atoms with van der Waals surface area (Å²) >= 11 is 0. The Hall–Kier alpha value is -2.10. The number of hydrogen-bond donors (Lipinski definition) is 0. The van der Waals surface area contributed by atoms with Crippen molar-refractivity contribution in [1.29, 1.82) is 0 Å². The van der Waals surface area contributed by atoms with Crippen LogP contribution in [0.4, 0.5) is 0 Å². The summed E-state index contributed by atoms with van der Waals surface area (Å²) in [5.74, 6) is 4.38. The van der Waals surface area contributed by atoms with Crippen LogP contribution in [0.3, 0.4) is 0 Å². The molecule has 6 rings (SSSR count). The Morgan fingerprint density at radius 2 is 0.538 bits per heavy atom. The fraction of sp³-hybridized carbons (Fsp3) is 0.545. The molecule has 4 heteroatoms. The van der Waals surface area contributed by atoms with E-state index in [1.54, 1.807) is 33.4 Å². The van der Waals surface area contributed by atoms with E-state index in [0.29, 0.717) is 26.4 Å². The highest BCUT2D eigenvalue weighted by molar-refractivity contribution is 5.48. The summed E-state index contributed by atoms with van der Waals surface area (Å²) in [6.07, 6.45) is 8.44. The van der Waals surface area contributed by atoms with Crippen LogP contribution in [0.2, 0.25) is 0 Å². The molecule has 136 valence electrons. The molecular formula is C22H24O4. The van der Waals surface area contributed by atoms with E-state index in [2.05, 4.69) is 0 Å². The van der Waals surface area contributed by atoms with Crippen LogP contribution in [0.15, 0.2) is 56.5 Å². The minimum absolute atomic E-state index is 0.702. The standard InChI is InChI=1S/C22H24O4/c1-2-24-20-10-16-6-13(5-15(16)9-19(20)23-1)14-7-17-11-21-22(12-18(17)8-14)26-4-3-25-21/h1-12H2. The molecule has 0 saturated carbocycles. The molecular weight excluding hydrogens is 328 g/mol. The lowest BCUT2D eigenvalue weighted by Crippen LogP contribution is -2.17.